The Bertz CT molecular complexity index is 951. The van der Waals surface area contributed by atoms with Gasteiger partial charge in [0.25, 0.3) is 0 Å². The van der Waals surface area contributed by atoms with Gasteiger partial charge in [-0.15, -0.1) is 0 Å². The van der Waals surface area contributed by atoms with Gasteiger partial charge < -0.3 is 0 Å². The van der Waals surface area contributed by atoms with Gasteiger partial charge in [0.1, 0.15) is 0 Å². The zero-order chi connectivity index (χ0) is 18.1. The molecule has 3 aromatic rings. The van der Waals surface area contributed by atoms with Gasteiger partial charge in [0, 0.05) is 11.8 Å². The van der Waals surface area contributed by atoms with Gasteiger partial charge in [-0.1, -0.05) is 109 Å². The minimum absolute atomic E-state index is 0.464. The maximum Gasteiger partial charge on any atom is 0.00871 e. The Morgan fingerprint density at radius 3 is 1.74 bits per heavy atom. The number of hydrogen-bond acceptors (Lipinski definition) is 0. The number of hydrogen-bond donors (Lipinski definition) is 0. The van der Waals surface area contributed by atoms with Crippen LogP contribution in [0.3, 0.4) is 0 Å². The Balaban J connectivity index is 1.62. The lowest BCUT2D eigenvalue weighted by atomic mass is 9.62. The Morgan fingerprint density at radius 2 is 1.11 bits per heavy atom. The van der Waals surface area contributed by atoms with E-state index in [0.717, 1.165) is 0 Å². The first-order valence-electron chi connectivity index (χ1n) is 9.95. The van der Waals surface area contributed by atoms with Crippen LogP contribution in [0.1, 0.15) is 34.9 Å². The van der Waals surface area contributed by atoms with Gasteiger partial charge in [0.2, 0.25) is 0 Å². The molecule has 3 aromatic carbocycles. The van der Waals surface area contributed by atoms with Crippen molar-refractivity contribution in [3.8, 4) is 0 Å². The minimum Gasteiger partial charge on any atom is -0.0838 e. The van der Waals surface area contributed by atoms with Crippen LogP contribution in [-0.2, 0) is 0 Å². The smallest absolute Gasteiger partial charge is 0.00871 e. The maximum atomic E-state index is 2.56. The summed E-state index contributed by atoms with van der Waals surface area (Å²) in [5.41, 5.74) is 5.74. The van der Waals surface area contributed by atoms with Crippen molar-refractivity contribution in [2.45, 2.75) is 18.3 Å². The van der Waals surface area contributed by atoms with E-state index in [1.165, 1.54) is 28.7 Å². The molecular weight excluding hydrogens is 324 g/mol. The van der Waals surface area contributed by atoms with Crippen molar-refractivity contribution in [3.05, 3.63) is 126 Å². The molecule has 2 bridgehead atoms. The summed E-state index contributed by atoms with van der Waals surface area (Å²) in [5, 5.41) is 0. The molecule has 0 heteroatoms. The average Bonchev–Trinajstić information content (AvgIpc) is 2.76. The summed E-state index contributed by atoms with van der Waals surface area (Å²) < 4.78 is 0. The van der Waals surface area contributed by atoms with Crippen molar-refractivity contribution in [1.29, 1.82) is 0 Å². The first-order chi connectivity index (χ1) is 13.4. The highest BCUT2D eigenvalue weighted by Crippen LogP contribution is 2.51. The molecule has 0 radical (unpaired) electrons. The van der Waals surface area contributed by atoms with Gasteiger partial charge in [0.05, 0.1) is 0 Å². The second-order valence-corrected chi connectivity index (χ2v) is 7.75. The Morgan fingerprint density at radius 1 is 0.556 bits per heavy atom. The molecule has 2 aliphatic carbocycles. The molecule has 0 saturated heterocycles. The maximum absolute atomic E-state index is 2.56. The van der Waals surface area contributed by atoms with E-state index in [2.05, 4.69) is 109 Å². The topological polar surface area (TPSA) is 0 Å². The molecule has 5 rings (SSSR count). The first kappa shape index (κ1) is 16.3. The van der Waals surface area contributed by atoms with Crippen LogP contribution in [-0.4, -0.2) is 0 Å². The zero-order valence-electron chi connectivity index (χ0n) is 15.4. The molecule has 2 aliphatic rings. The van der Waals surface area contributed by atoms with Crippen molar-refractivity contribution in [3.63, 3.8) is 0 Å². The van der Waals surface area contributed by atoms with Crippen LogP contribution >= 0.6 is 0 Å². The van der Waals surface area contributed by atoms with Crippen molar-refractivity contribution >= 4 is 5.57 Å². The van der Waals surface area contributed by atoms with Crippen LogP contribution in [0.15, 0.2) is 109 Å². The quantitative estimate of drug-likeness (QED) is 0.454. The summed E-state index contributed by atoms with van der Waals surface area (Å²) in [4.78, 5) is 0. The van der Waals surface area contributed by atoms with Gasteiger partial charge >= 0.3 is 0 Å². The number of fused-ring (bicyclic) bond motifs is 2. The highest BCUT2D eigenvalue weighted by molar-refractivity contribution is 5.71. The third-order valence-corrected chi connectivity index (χ3v) is 6.22. The van der Waals surface area contributed by atoms with Crippen LogP contribution in [0, 0.1) is 11.8 Å². The highest BCUT2D eigenvalue weighted by Gasteiger charge is 2.38. The Labute approximate surface area is 161 Å². The summed E-state index contributed by atoms with van der Waals surface area (Å²) in [7, 11) is 0. The van der Waals surface area contributed by atoms with Crippen LogP contribution in [0.2, 0.25) is 0 Å². The molecule has 0 N–H and O–H groups in total. The Hall–Kier alpha value is -2.86. The monoisotopic (exact) mass is 348 g/mol. The number of benzene rings is 3. The van der Waals surface area contributed by atoms with E-state index in [1.54, 1.807) is 0 Å². The standard InChI is InChI=1S/C27H24/c1-4-10-20(11-5-1)24-17-16-23-18-27(24)26(22-14-8-3-9-15-22)19-25(23)21-12-6-2-7-13-21/h1-17,19,23-25,27H,18H2/t23-,24-,25-,27-/m0/s1. The lowest BCUT2D eigenvalue weighted by Crippen LogP contribution is -2.28. The minimum atomic E-state index is 0.464. The fraction of sp³-hybridized carbons (Fsp3) is 0.185. The van der Waals surface area contributed by atoms with E-state index in [-0.39, 0.29) is 0 Å². The van der Waals surface area contributed by atoms with Crippen LogP contribution < -0.4 is 0 Å². The summed E-state index contributed by atoms with van der Waals surface area (Å²) in [6, 6.07) is 33.0. The normalized spacial score (nSPS) is 26.4. The summed E-state index contributed by atoms with van der Waals surface area (Å²) in [6.07, 6.45) is 8.73. The largest absolute Gasteiger partial charge is 0.0838 e. The molecule has 27 heavy (non-hydrogen) atoms. The van der Waals surface area contributed by atoms with Gasteiger partial charge in [-0.05, 0) is 40.5 Å². The molecule has 0 saturated carbocycles. The van der Waals surface area contributed by atoms with Crippen molar-refractivity contribution < 1.29 is 0 Å². The SMILES string of the molecule is C1=C[C@@H](c2ccccc2)[C@@H]2C[C@H]1[C@H](c1ccccc1)C=C2c1ccccc1. The third-order valence-electron chi connectivity index (χ3n) is 6.22. The molecule has 0 spiro atoms. The van der Waals surface area contributed by atoms with E-state index >= 15 is 0 Å². The van der Waals surface area contributed by atoms with Crippen molar-refractivity contribution in [2.24, 2.45) is 11.8 Å². The predicted octanol–water partition coefficient (Wildman–Crippen LogP) is 6.84. The van der Waals surface area contributed by atoms with Crippen molar-refractivity contribution in [2.75, 3.05) is 0 Å². The number of rotatable bonds is 3. The molecule has 0 aromatic heterocycles. The molecule has 0 unspecified atom stereocenters. The molecule has 0 aliphatic heterocycles. The molecule has 4 atom stereocenters. The van der Waals surface area contributed by atoms with Gasteiger partial charge in [-0.25, -0.2) is 0 Å². The van der Waals surface area contributed by atoms with Crippen LogP contribution in [0.5, 0.6) is 0 Å². The zero-order valence-corrected chi connectivity index (χ0v) is 15.4. The van der Waals surface area contributed by atoms with E-state index < -0.39 is 0 Å². The Kier molecular flexibility index (Phi) is 4.26. The second kappa shape index (κ2) is 7.04. The molecule has 0 heterocycles. The van der Waals surface area contributed by atoms with E-state index in [4.69, 9.17) is 0 Å². The summed E-state index contributed by atoms with van der Waals surface area (Å²) >= 11 is 0. The molecule has 0 fully saturated rings. The van der Waals surface area contributed by atoms with E-state index in [9.17, 15) is 0 Å². The summed E-state index contributed by atoms with van der Waals surface area (Å²) in [5.74, 6) is 2.06. The molecule has 132 valence electrons. The average molecular weight is 348 g/mol. The van der Waals surface area contributed by atoms with Gasteiger partial charge in [-0.2, -0.15) is 0 Å². The lowest BCUT2D eigenvalue weighted by molar-refractivity contribution is 0.391. The first-order valence-corrected chi connectivity index (χ1v) is 9.95. The highest BCUT2D eigenvalue weighted by atomic mass is 14.4. The van der Waals surface area contributed by atoms with E-state index in [0.29, 0.717) is 23.7 Å². The lowest BCUT2D eigenvalue weighted by Gasteiger charge is -2.41. The second-order valence-electron chi connectivity index (χ2n) is 7.75. The van der Waals surface area contributed by atoms with Crippen LogP contribution in [0.25, 0.3) is 5.57 Å². The molecular formula is C27H24. The fourth-order valence-corrected chi connectivity index (χ4v) is 4.92. The van der Waals surface area contributed by atoms with E-state index in [1.807, 2.05) is 0 Å². The number of allylic oxidation sites excluding steroid dienone is 4. The fourth-order valence-electron chi connectivity index (χ4n) is 4.92. The molecule has 0 nitrogen and oxygen atoms in total. The van der Waals surface area contributed by atoms with Gasteiger partial charge in [-0.3, -0.25) is 0 Å². The van der Waals surface area contributed by atoms with Crippen LogP contribution in [0.4, 0.5) is 0 Å². The van der Waals surface area contributed by atoms with Crippen molar-refractivity contribution in [1.82, 2.24) is 0 Å². The third kappa shape index (κ3) is 3.06. The predicted molar refractivity (Wildman–Crippen MR) is 114 cm³/mol. The van der Waals surface area contributed by atoms with Gasteiger partial charge in [0.15, 0.2) is 0 Å². The molecule has 0 amide bonds. The summed E-state index contributed by atoms with van der Waals surface area (Å²) in [6.45, 7) is 0.